The molecule has 0 bridgehead atoms. The second-order valence-corrected chi connectivity index (χ2v) is 16.2. The number of hydrogen-bond donors (Lipinski definition) is 2. The molecule has 1 unspecified atom stereocenters. The Morgan fingerprint density at radius 1 is 0.519 bits per heavy atom. The number of hydrogen-bond acceptors (Lipinski definition) is 4. The molecule has 6 nitrogen and oxygen atoms in total. The molecular formula is C45H92ClN3O3. The number of nitrogens with zero attached hydrogens (tertiary/aromatic N) is 2. The van der Waals surface area contributed by atoms with Crippen LogP contribution >= 0.6 is 12.4 Å². The quantitative estimate of drug-likeness (QED) is 0.0281. The van der Waals surface area contributed by atoms with Crippen LogP contribution in [0.1, 0.15) is 232 Å². The van der Waals surface area contributed by atoms with Gasteiger partial charge in [0.15, 0.2) is 0 Å². The molecule has 0 aliphatic carbocycles. The van der Waals surface area contributed by atoms with E-state index in [9.17, 15) is 15.0 Å². The van der Waals surface area contributed by atoms with Gasteiger partial charge in [-0.15, -0.1) is 12.4 Å². The number of carbonyl (C=O) groups excluding carboxylic acids is 1. The van der Waals surface area contributed by atoms with Crippen LogP contribution in [-0.2, 0) is 4.79 Å². The van der Waals surface area contributed by atoms with Gasteiger partial charge in [0, 0.05) is 32.4 Å². The number of aliphatic imine (C=N–C) groups is 1. The highest BCUT2D eigenvalue weighted by molar-refractivity contribution is 5.85. The van der Waals surface area contributed by atoms with Crippen LogP contribution in [0.25, 0.3) is 0 Å². The molecule has 2 N–H and O–H groups in total. The maximum absolute atomic E-state index is 12.3. The van der Waals surface area contributed by atoms with Crippen molar-refractivity contribution in [1.82, 2.24) is 5.32 Å². The van der Waals surface area contributed by atoms with Crippen molar-refractivity contribution in [3.8, 4) is 0 Å². The van der Waals surface area contributed by atoms with E-state index in [-0.39, 0.29) is 30.8 Å². The molecule has 0 saturated carbocycles. The summed E-state index contributed by atoms with van der Waals surface area (Å²) in [5, 5.41) is 25.0. The zero-order valence-electron chi connectivity index (χ0n) is 35.4. The molecule has 0 aromatic rings. The molecule has 0 rings (SSSR count). The van der Waals surface area contributed by atoms with Gasteiger partial charge in [0.2, 0.25) is 5.91 Å². The maximum atomic E-state index is 12.3. The molecule has 0 radical (unpaired) electrons. The number of aliphatic hydroxyl groups excluding tert-OH is 1. The summed E-state index contributed by atoms with van der Waals surface area (Å²) in [6.07, 6.45) is 43.0. The van der Waals surface area contributed by atoms with E-state index >= 15 is 0 Å². The molecular weight excluding hydrogens is 666 g/mol. The molecule has 312 valence electrons. The van der Waals surface area contributed by atoms with Crippen LogP contribution in [0.2, 0.25) is 0 Å². The highest BCUT2D eigenvalue weighted by Crippen LogP contribution is 2.15. The number of nitrogens with one attached hydrogen (secondary N) is 1. The highest BCUT2D eigenvalue weighted by atomic mass is 35.5. The van der Waals surface area contributed by atoms with Gasteiger partial charge in [0.25, 0.3) is 0 Å². The molecule has 1 atom stereocenters. The summed E-state index contributed by atoms with van der Waals surface area (Å²) in [5.41, 5.74) is 0. The third-order valence-corrected chi connectivity index (χ3v) is 11.0. The molecule has 0 fully saturated rings. The van der Waals surface area contributed by atoms with Crippen molar-refractivity contribution in [2.75, 3.05) is 46.4 Å². The number of amides is 1. The van der Waals surface area contributed by atoms with E-state index in [0.29, 0.717) is 32.5 Å². The Kier molecular flexibility index (Phi) is 43.9. The fraction of sp³-hybridized carbons (Fsp3) is 0.956. The van der Waals surface area contributed by atoms with Crippen LogP contribution in [0.4, 0.5) is 0 Å². The standard InChI is InChI=1S/C45H91N3O3.ClH/c1-4-6-8-10-12-14-16-18-20-22-24-26-28-30-32-36-44(50)46-38-34-40-48(3,42-43-49)41-35-39-47-45(51)37-33-31-29-27-25-23-21-19-17-15-13-11-9-7-5-2;/h49H,4-43H2,1-3H3,(H-,46,47,50,51);1H. The van der Waals surface area contributed by atoms with Gasteiger partial charge in [0.1, 0.15) is 6.54 Å². The van der Waals surface area contributed by atoms with E-state index in [1.807, 2.05) is 0 Å². The normalized spacial score (nSPS) is 12.9. The Balaban J connectivity index is 0. The molecule has 0 saturated heterocycles. The van der Waals surface area contributed by atoms with E-state index in [1.54, 1.807) is 0 Å². The molecule has 0 aromatic heterocycles. The van der Waals surface area contributed by atoms with Crippen LogP contribution < -0.4 is 10.4 Å². The molecule has 52 heavy (non-hydrogen) atoms. The van der Waals surface area contributed by atoms with Gasteiger partial charge in [-0.05, 0) is 25.2 Å². The van der Waals surface area contributed by atoms with Crippen LogP contribution in [0.15, 0.2) is 4.99 Å². The summed E-state index contributed by atoms with van der Waals surface area (Å²) in [6.45, 7) is 8.48. The minimum atomic E-state index is 0. The summed E-state index contributed by atoms with van der Waals surface area (Å²) in [5.74, 6) is 0.227. The fourth-order valence-corrected chi connectivity index (χ4v) is 7.39. The van der Waals surface area contributed by atoms with Crippen LogP contribution in [0.3, 0.4) is 0 Å². The summed E-state index contributed by atoms with van der Waals surface area (Å²) < 4.78 is 0.758. The lowest BCUT2D eigenvalue weighted by molar-refractivity contribution is -0.910. The van der Waals surface area contributed by atoms with Crippen molar-refractivity contribution < 1.29 is 19.5 Å². The van der Waals surface area contributed by atoms with Crippen LogP contribution in [0.5, 0.6) is 0 Å². The molecule has 0 aliphatic rings. The van der Waals surface area contributed by atoms with Crippen LogP contribution in [0, 0.1) is 0 Å². The van der Waals surface area contributed by atoms with E-state index < -0.39 is 0 Å². The van der Waals surface area contributed by atoms with Gasteiger partial charge in [-0.3, -0.25) is 4.79 Å². The monoisotopic (exact) mass is 758 g/mol. The molecule has 0 spiro atoms. The first-order valence-electron chi connectivity index (χ1n) is 22.9. The van der Waals surface area contributed by atoms with Crippen molar-refractivity contribution in [2.24, 2.45) is 4.99 Å². The molecule has 7 heteroatoms. The van der Waals surface area contributed by atoms with Crippen molar-refractivity contribution in [3.63, 3.8) is 0 Å². The maximum Gasteiger partial charge on any atom is 0.219 e. The lowest BCUT2D eigenvalue weighted by atomic mass is 10.0. The number of carbonyl (C=O) groups is 1. The van der Waals surface area contributed by atoms with E-state index in [2.05, 4.69) is 31.2 Å². The predicted octanol–water partition coefficient (Wildman–Crippen LogP) is 12.0. The summed E-state index contributed by atoms with van der Waals surface area (Å²) >= 11 is 0. The van der Waals surface area contributed by atoms with Gasteiger partial charge < -0.3 is 25.0 Å². The first-order chi connectivity index (χ1) is 25.0. The topological polar surface area (TPSA) is 84.8 Å². The Morgan fingerprint density at radius 3 is 1.25 bits per heavy atom. The lowest BCUT2D eigenvalue weighted by Crippen LogP contribution is -2.48. The SMILES string of the molecule is CCCCCCCCCCCCCCCCCC(=O)NCCC[N+](C)(CCO)CCCN=C([O-])CCCCCCCCCCCCCCCCC.Cl. The van der Waals surface area contributed by atoms with E-state index in [1.165, 1.54) is 167 Å². The Labute approximate surface area is 331 Å². The Bertz CT molecular complexity index is 753. The van der Waals surface area contributed by atoms with Gasteiger partial charge in [-0.2, -0.15) is 0 Å². The smallest absolute Gasteiger partial charge is 0.219 e. The largest absolute Gasteiger partial charge is 0.862 e. The van der Waals surface area contributed by atoms with Gasteiger partial charge in [-0.1, -0.05) is 194 Å². The Hall–Kier alpha value is -0.850. The van der Waals surface area contributed by atoms with Crippen molar-refractivity contribution >= 4 is 24.2 Å². The first-order valence-corrected chi connectivity index (χ1v) is 22.9. The predicted molar refractivity (Wildman–Crippen MR) is 229 cm³/mol. The average Bonchev–Trinajstić information content (AvgIpc) is 3.12. The number of halogens is 1. The number of quaternary nitrogens is 1. The first kappa shape index (κ1) is 53.3. The summed E-state index contributed by atoms with van der Waals surface area (Å²) in [4.78, 5) is 16.6. The zero-order chi connectivity index (χ0) is 37.4. The zero-order valence-corrected chi connectivity index (χ0v) is 36.2. The number of aliphatic hydroxyl groups is 1. The third-order valence-electron chi connectivity index (χ3n) is 11.0. The summed E-state index contributed by atoms with van der Waals surface area (Å²) in [6, 6.07) is 0. The molecule has 1 amide bonds. The fourth-order valence-electron chi connectivity index (χ4n) is 7.39. The number of likely N-dealkylation sites (N-methyl/N-ethyl adjacent to an activating group) is 1. The second-order valence-electron chi connectivity index (χ2n) is 16.2. The number of unbranched alkanes of at least 4 members (excludes halogenated alkanes) is 28. The summed E-state index contributed by atoms with van der Waals surface area (Å²) in [7, 11) is 2.17. The molecule has 0 heterocycles. The molecule has 0 aliphatic heterocycles. The van der Waals surface area contributed by atoms with Gasteiger partial charge in [-0.25, -0.2) is 0 Å². The van der Waals surface area contributed by atoms with Crippen LogP contribution in [-0.4, -0.2) is 67.8 Å². The van der Waals surface area contributed by atoms with Crippen molar-refractivity contribution in [3.05, 3.63) is 0 Å². The third kappa shape index (κ3) is 40.3. The minimum Gasteiger partial charge on any atom is -0.862 e. The van der Waals surface area contributed by atoms with Gasteiger partial charge >= 0.3 is 0 Å². The molecule has 0 aromatic carbocycles. The van der Waals surface area contributed by atoms with Crippen molar-refractivity contribution in [2.45, 2.75) is 232 Å². The average molecular weight is 759 g/mol. The van der Waals surface area contributed by atoms with E-state index in [4.69, 9.17) is 0 Å². The second kappa shape index (κ2) is 42.9. The van der Waals surface area contributed by atoms with Crippen molar-refractivity contribution in [1.29, 1.82) is 0 Å². The highest BCUT2D eigenvalue weighted by Gasteiger charge is 2.20. The number of rotatable bonds is 42. The van der Waals surface area contributed by atoms with E-state index in [0.717, 1.165) is 56.1 Å². The lowest BCUT2D eigenvalue weighted by Gasteiger charge is -2.34. The Morgan fingerprint density at radius 2 is 0.865 bits per heavy atom. The van der Waals surface area contributed by atoms with Gasteiger partial charge in [0.05, 0.1) is 26.7 Å². The minimum absolute atomic E-state index is 0.